The Labute approximate surface area is 104 Å². The number of hydrogen-bond donors (Lipinski definition) is 2. The maximum Gasteiger partial charge on any atom is 0.153 e. The second-order valence-electron chi connectivity index (χ2n) is 4.23. The van der Waals surface area contributed by atoms with E-state index in [1.54, 1.807) is 18.2 Å². The number of nitrogens with zero attached hydrogens (tertiary/aromatic N) is 2. The van der Waals surface area contributed by atoms with Crippen LogP contribution in [-0.4, -0.2) is 16.7 Å². The highest BCUT2D eigenvalue weighted by atomic mass is 19.1. The van der Waals surface area contributed by atoms with Gasteiger partial charge in [0.05, 0.1) is 11.4 Å². The van der Waals surface area contributed by atoms with Crippen molar-refractivity contribution in [1.29, 1.82) is 0 Å². The van der Waals surface area contributed by atoms with Crippen molar-refractivity contribution in [3.05, 3.63) is 47.4 Å². The molecular weight excluding hydrogens is 231 g/mol. The van der Waals surface area contributed by atoms with E-state index in [4.69, 9.17) is 0 Å². The molecule has 3 rings (SSSR count). The normalized spacial score (nSPS) is 14.1. The Morgan fingerprint density at radius 2 is 2.11 bits per heavy atom. The average Bonchev–Trinajstić information content (AvgIpc) is 2.41. The zero-order valence-electron chi connectivity index (χ0n) is 9.78. The van der Waals surface area contributed by atoms with Crippen molar-refractivity contribution in [2.45, 2.75) is 13.0 Å². The van der Waals surface area contributed by atoms with Crippen LogP contribution in [0.3, 0.4) is 0 Å². The fourth-order valence-electron chi connectivity index (χ4n) is 2.01. The summed E-state index contributed by atoms with van der Waals surface area (Å²) in [7, 11) is 0. The zero-order chi connectivity index (χ0) is 12.4. The lowest BCUT2D eigenvalue weighted by molar-refractivity contribution is 0.620. The Kier molecular flexibility index (Phi) is 2.90. The Morgan fingerprint density at radius 1 is 1.22 bits per heavy atom. The lowest BCUT2D eigenvalue weighted by atomic mass is 10.1. The third-order valence-electron chi connectivity index (χ3n) is 2.95. The third kappa shape index (κ3) is 2.17. The summed E-state index contributed by atoms with van der Waals surface area (Å²) < 4.78 is 13.5. The largest absolute Gasteiger partial charge is 0.336 e. The second kappa shape index (κ2) is 4.70. The van der Waals surface area contributed by atoms with Crippen molar-refractivity contribution < 1.29 is 4.39 Å². The van der Waals surface area contributed by atoms with Gasteiger partial charge >= 0.3 is 0 Å². The lowest BCUT2D eigenvalue weighted by Gasteiger charge is -2.16. The van der Waals surface area contributed by atoms with Crippen molar-refractivity contribution in [2.75, 3.05) is 11.9 Å². The number of anilines is 2. The molecule has 1 aliphatic rings. The minimum absolute atomic E-state index is 0.296. The molecule has 2 aromatic rings. The first-order valence-corrected chi connectivity index (χ1v) is 5.91. The molecule has 0 unspecified atom stereocenters. The first-order valence-electron chi connectivity index (χ1n) is 5.91. The van der Waals surface area contributed by atoms with Crippen LogP contribution >= 0.6 is 0 Å². The molecule has 0 saturated carbocycles. The van der Waals surface area contributed by atoms with E-state index in [2.05, 4.69) is 20.8 Å². The van der Waals surface area contributed by atoms with E-state index in [-0.39, 0.29) is 5.82 Å². The molecule has 0 saturated heterocycles. The maximum atomic E-state index is 13.5. The van der Waals surface area contributed by atoms with Gasteiger partial charge in [0.2, 0.25) is 0 Å². The highest BCUT2D eigenvalue weighted by molar-refractivity contribution is 5.57. The molecule has 0 spiro atoms. The number of para-hydroxylation sites is 1. The molecule has 4 nitrogen and oxygen atoms in total. The predicted molar refractivity (Wildman–Crippen MR) is 67.1 cm³/mol. The predicted octanol–water partition coefficient (Wildman–Crippen LogP) is 2.00. The van der Waals surface area contributed by atoms with Crippen LogP contribution in [0.2, 0.25) is 0 Å². The molecule has 5 heteroatoms. The van der Waals surface area contributed by atoms with E-state index in [1.807, 2.05) is 6.07 Å². The van der Waals surface area contributed by atoms with E-state index in [9.17, 15) is 4.39 Å². The Balaban J connectivity index is 1.87. The average molecular weight is 244 g/mol. The molecule has 0 bridgehead atoms. The zero-order valence-corrected chi connectivity index (χ0v) is 9.78. The summed E-state index contributed by atoms with van der Waals surface area (Å²) in [5.74, 6) is 0.276. The fraction of sp³-hybridized carbons (Fsp3) is 0.231. The van der Waals surface area contributed by atoms with Crippen LogP contribution in [0.1, 0.15) is 11.3 Å². The van der Waals surface area contributed by atoms with Crippen LogP contribution in [0.15, 0.2) is 30.3 Å². The van der Waals surface area contributed by atoms with Crippen molar-refractivity contribution in [1.82, 2.24) is 15.5 Å². The smallest absolute Gasteiger partial charge is 0.153 e. The summed E-state index contributed by atoms with van der Waals surface area (Å²) in [5, 5.41) is 14.5. The summed E-state index contributed by atoms with van der Waals surface area (Å²) in [6.07, 6.45) is 0.891. The molecule has 0 fully saturated rings. The summed E-state index contributed by atoms with van der Waals surface area (Å²) in [6, 6.07) is 8.44. The minimum atomic E-state index is -0.296. The van der Waals surface area contributed by atoms with Crippen LogP contribution in [-0.2, 0) is 13.0 Å². The van der Waals surface area contributed by atoms with Gasteiger partial charge in [-0.3, -0.25) is 0 Å². The molecule has 2 N–H and O–H groups in total. The lowest BCUT2D eigenvalue weighted by Crippen LogP contribution is -2.25. The van der Waals surface area contributed by atoms with E-state index < -0.39 is 0 Å². The van der Waals surface area contributed by atoms with E-state index in [0.29, 0.717) is 11.5 Å². The Bertz CT molecular complexity index is 571. The maximum absolute atomic E-state index is 13.5. The number of benzene rings is 1. The van der Waals surface area contributed by atoms with Crippen LogP contribution in [0, 0.1) is 5.82 Å². The molecule has 18 heavy (non-hydrogen) atoms. The summed E-state index contributed by atoms with van der Waals surface area (Å²) in [4.78, 5) is 0. The van der Waals surface area contributed by atoms with Crippen molar-refractivity contribution in [3.8, 4) is 0 Å². The highest BCUT2D eigenvalue weighted by Gasteiger charge is 2.12. The van der Waals surface area contributed by atoms with Crippen LogP contribution < -0.4 is 10.6 Å². The van der Waals surface area contributed by atoms with Crippen molar-refractivity contribution in [3.63, 3.8) is 0 Å². The Hall–Kier alpha value is -2.01. The highest BCUT2D eigenvalue weighted by Crippen LogP contribution is 2.20. The number of halogens is 1. The van der Waals surface area contributed by atoms with Gasteiger partial charge in [0.15, 0.2) is 5.82 Å². The van der Waals surface area contributed by atoms with Crippen LogP contribution in [0.25, 0.3) is 0 Å². The summed E-state index contributed by atoms with van der Waals surface area (Å²) in [5.41, 5.74) is 2.55. The minimum Gasteiger partial charge on any atom is -0.336 e. The van der Waals surface area contributed by atoms with Gasteiger partial charge in [-0.15, -0.1) is 5.10 Å². The SMILES string of the molecule is Fc1ccccc1Nc1cc2c(nn1)CCNC2. The van der Waals surface area contributed by atoms with Gasteiger partial charge in [-0.1, -0.05) is 12.1 Å². The number of nitrogens with one attached hydrogen (secondary N) is 2. The van der Waals surface area contributed by atoms with Crippen molar-refractivity contribution >= 4 is 11.5 Å². The quantitative estimate of drug-likeness (QED) is 0.848. The monoisotopic (exact) mass is 244 g/mol. The summed E-state index contributed by atoms with van der Waals surface area (Å²) >= 11 is 0. The van der Waals surface area contributed by atoms with Crippen molar-refractivity contribution in [2.24, 2.45) is 0 Å². The summed E-state index contributed by atoms with van der Waals surface area (Å²) in [6.45, 7) is 1.72. The van der Waals surface area contributed by atoms with E-state index in [1.165, 1.54) is 6.07 Å². The molecule has 0 atom stereocenters. The van der Waals surface area contributed by atoms with E-state index in [0.717, 1.165) is 30.8 Å². The molecule has 0 radical (unpaired) electrons. The molecule has 1 aliphatic heterocycles. The number of hydrogen-bond acceptors (Lipinski definition) is 4. The van der Waals surface area contributed by atoms with Gasteiger partial charge in [0.25, 0.3) is 0 Å². The number of aromatic nitrogens is 2. The molecule has 0 amide bonds. The number of fused-ring (bicyclic) bond motifs is 1. The number of rotatable bonds is 2. The van der Waals surface area contributed by atoms with Crippen LogP contribution in [0.5, 0.6) is 0 Å². The molecule has 1 aromatic heterocycles. The van der Waals surface area contributed by atoms with Gasteiger partial charge in [0, 0.05) is 19.5 Å². The van der Waals surface area contributed by atoms with Gasteiger partial charge in [-0.25, -0.2) is 4.39 Å². The topological polar surface area (TPSA) is 49.8 Å². The second-order valence-corrected chi connectivity index (χ2v) is 4.23. The standard InChI is InChI=1S/C13H13FN4/c14-10-3-1-2-4-12(10)16-13-7-9-8-15-6-5-11(9)17-18-13/h1-4,7,15H,5-6,8H2,(H,16,18). The fourth-order valence-corrected chi connectivity index (χ4v) is 2.01. The Morgan fingerprint density at radius 3 is 3.00 bits per heavy atom. The first-order chi connectivity index (χ1) is 8.83. The molecular formula is C13H13FN4. The molecule has 1 aromatic carbocycles. The van der Waals surface area contributed by atoms with Gasteiger partial charge in [-0.2, -0.15) is 5.10 Å². The van der Waals surface area contributed by atoms with Gasteiger partial charge in [-0.05, 0) is 23.8 Å². The van der Waals surface area contributed by atoms with E-state index >= 15 is 0 Å². The molecule has 92 valence electrons. The van der Waals surface area contributed by atoms with Gasteiger partial charge in [0.1, 0.15) is 5.82 Å². The molecule has 2 heterocycles. The van der Waals surface area contributed by atoms with Gasteiger partial charge < -0.3 is 10.6 Å². The molecule has 0 aliphatic carbocycles. The van der Waals surface area contributed by atoms with Crippen LogP contribution in [0.4, 0.5) is 15.9 Å². The first kappa shape index (κ1) is 11.1. The third-order valence-corrected chi connectivity index (χ3v) is 2.95.